The molecule has 72 valence electrons. The molecule has 1 aromatic rings. The minimum absolute atomic E-state index is 0.433. The van der Waals surface area contributed by atoms with Crippen LogP contribution in [0.1, 0.15) is 13.8 Å². The van der Waals surface area contributed by atoms with Crippen LogP contribution in [0.25, 0.3) is 0 Å². The van der Waals surface area contributed by atoms with Crippen LogP contribution in [0, 0.1) is 0 Å². The lowest BCUT2D eigenvalue weighted by atomic mass is 10.3. The van der Waals surface area contributed by atoms with E-state index in [-0.39, 0.29) is 0 Å². The van der Waals surface area contributed by atoms with Crippen LogP contribution >= 0.6 is 0 Å². The summed E-state index contributed by atoms with van der Waals surface area (Å²) in [4.78, 5) is 6.30. The molecule has 0 aromatic carbocycles. The predicted octanol–water partition coefficient (Wildman–Crippen LogP) is 1.97. The molecule has 13 heavy (non-hydrogen) atoms. The second-order valence-electron chi connectivity index (χ2n) is 3.57. The van der Waals surface area contributed by atoms with Crippen LogP contribution in [0.3, 0.4) is 0 Å². The highest BCUT2D eigenvalue weighted by atomic mass is 15.2. The molecule has 1 heterocycles. The van der Waals surface area contributed by atoms with Gasteiger partial charge in [-0.3, -0.25) is 0 Å². The summed E-state index contributed by atoms with van der Waals surface area (Å²) in [5.74, 6) is 0.983. The lowest BCUT2D eigenvalue weighted by molar-refractivity contribution is 0.894. The molecule has 0 amide bonds. The summed E-state index contributed by atoms with van der Waals surface area (Å²) >= 11 is 0. The lowest BCUT2D eigenvalue weighted by Crippen LogP contribution is -2.17. The third-order valence-corrected chi connectivity index (χ3v) is 1.65. The zero-order chi connectivity index (χ0) is 9.84. The van der Waals surface area contributed by atoms with Crippen LogP contribution in [0.4, 0.5) is 11.5 Å². The van der Waals surface area contributed by atoms with Crippen molar-refractivity contribution in [3.63, 3.8) is 0 Å². The van der Waals surface area contributed by atoms with Gasteiger partial charge in [-0.25, -0.2) is 4.98 Å². The number of nitrogens with one attached hydrogen (secondary N) is 1. The molecule has 1 aromatic heterocycles. The summed E-state index contributed by atoms with van der Waals surface area (Å²) in [6.07, 6.45) is 1.81. The molecular weight excluding hydrogens is 162 g/mol. The maximum atomic E-state index is 4.29. The normalized spacial score (nSPS) is 10.2. The van der Waals surface area contributed by atoms with E-state index in [4.69, 9.17) is 0 Å². The summed E-state index contributed by atoms with van der Waals surface area (Å²) < 4.78 is 0. The third kappa shape index (κ3) is 2.61. The topological polar surface area (TPSA) is 28.2 Å². The summed E-state index contributed by atoms with van der Waals surface area (Å²) in [7, 11) is 3.99. The van der Waals surface area contributed by atoms with Crippen molar-refractivity contribution in [2.45, 2.75) is 19.9 Å². The van der Waals surface area contributed by atoms with Gasteiger partial charge in [-0.1, -0.05) is 0 Å². The molecule has 1 N–H and O–H groups in total. The highest BCUT2D eigenvalue weighted by molar-refractivity contribution is 5.64. The maximum Gasteiger partial charge on any atom is 0.151 e. The highest BCUT2D eigenvalue weighted by Crippen LogP contribution is 2.20. The van der Waals surface area contributed by atoms with Gasteiger partial charge in [0.1, 0.15) is 0 Å². The number of hydrogen-bond donors (Lipinski definition) is 1. The van der Waals surface area contributed by atoms with Crippen molar-refractivity contribution < 1.29 is 0 Å². The first-order chi connectivity index (χ1) is 6.11. The smallest absolute Gasteiger partial charge is 0.151 e. The summed E-state index contributed by atoms with van der Waals surface area (Å²) in [5.41, 5.74) is 1.09. The zero-order valence-electron chi connectivity index (χ0n) is 8.70. The number of hydrogen-bond acceptors (Lipinski definition) is 3. The Morgan fingerprint density at radius 1 is 1.38 bits per heavy atom. The SMILES string of the molecule is CC(C)Nc1cccnc1N(C)C. The first kappa shape index (κ1) is 9.84. The monoisotopic (exact) mass is 179 g/mol. The average molecular weight is 179 g/mol. The van der Waals surface area contributed by atoms with Gasteiger partial charge in [0.25, 0.3) is 0 Å². The van der Waals surface area contributed by atoms with E-state index in [0.717, 1.165) is 11.5 Å². The van der Waals surface area contributed by atoms with Gasteiger partial charge in [-0.2, -0.15) is 0 Å². The van der Waals surface area contributed by atoms with Crippen molar-refractivity contribution in [2.24, 2.45) is 0 Å². The largest absolute Gasteiger partial charge is 0.380 e. The van der Waals surface area contributed by atoms with E-state index in [2.05, 4.69) is 24.1 Å². The van der Waals surface area contributed by atoms with Crippen molar-refractivity contribution in [1.82, 2.24) is 4.98 Å². The van der Waals surface area contributed by atoms with Crippen LogP contribution in [0.5, 0.6) is 0 Å². The van der Waals surface area contributed by atoms with Gasteiger partial charge in [-0.05, 0) is 26.0 Å². The fourth-order valence-corrected chi connectivity index (χ4v) is 1.18. The van der Waals surface area contributed by atoms with Crippen LogP contribution in [-0.2, 0) is 0 Å². The summed E-state index contributed by atoms with van der Waals surface area (Å²) in [6, 6.07) is 4.42. The second kappa shape index (κ2) is 4.12. The first-order valence-corrected chi connectivity index (χ1v) is 4.50. The molecule has 0 bridgehead atoms. The lowest BCUT2D eigenvalue weighted by Gasteiger charge is -2.18. The van der Waals surface area contributed by atoms with Crippen molar-refractivity contribution in [3.8, 4) is 0 Å². The van der Waals surface area contributed by atoms with Gasteiger partial charge >= 0.3 is 0 Å². The molecule has 0 saturated heterocycles. The van der Waals surface area contributed by atoms with Crippen molar-refractivity contribution in [1.29, 1.82) is 0 Å². The molecule has 3 nitrogen and oxygen atoms in total. The van der Waals surface area contributed by atoms with E-state index in [1.807, 2.05) is 31.1 Å². The molecule has 0 atom stereocenters. The third-order valence-electron chi connectivity index (χ3n) is 1.65. The number of nitrogens with zero attached hydrogens (tertiary/aromatic N) is 2. The molecule has 0 fully saturated rings. The van der Waals surface area contributed by atoms with Crippen LogP contribution in [0.15, 0.2) is 18.3 Å². The Bertz CT molecular complexity index is 269. The van der Waals surface area contributed by atoms with E-state index in [1.165, 1.54) is 0 Å². The van der Waals surface area contributed by atoms with E-state index in [0.29, 0.717) is 6.04 Å². The predicted molar refractivity (Wildman–Crippen MR) is 57.3 cm³/mol. The van der Waals surface area contributed by atoms with E-state index < -0.39 is 0 Å². The van der Waals surface area contributed by atoms with Gasteiger partial charge < -0.3 is 10.2 Å². The number of aromatic nitrogens is 1. The average Bonchev–Trinajstić information content (AvgIpc) is 2.03. The quantitative estimate of drug-likeness (QED) is 0.769. The molecule has 0 spiro atoms. The summed E-state index contributed by atoms with van der Waals surface area (Å²) in [6.45, 7) is 4.24. The van der Waals surface area contributed by atoms with Gasteiger partial charge in [0.15, 0.2) is 5.82 Å². The number of rotatable bonds is 3. The van der Waals surface area contributed by atoms with Crippen LogP contribution in [0.2, 0.25) is 0 Å². The van der Waals surface area contributed by atoms with Gasteiger partial charge in [-0.15, -0.1) is 0 Å². The second-order valence-corrected chi connectivity index (χ2v) is 3.57. The standard InChI is InChI=1S/C10H17N3/c1-8(2)12-9-6-5-7-11-10(9)13(3)4/h5-8,12H,1-4H3. The fourth-order valence-electron chi connectivity index (χ4n) is 1.18. The van der Waals surface area contributed by atoms with E-state index in [1.54, 1.807) is 6.20 Å². The Morgan fingerprint density at radius 3 is 2.62 bits per heavy atom. The molecule has 1 rings (SSSR count). The fraction of sp³-hybridized carbons (Fsp3) is 0.500. The minimum Gasteiger partial charge on any atom is -0.380 e. The van der Waals surface area contributed by atoms with E-state index in [9.17, 15) is 0 Å². The molecule has 0 aliphatic heterocycles. The van der Waals surface area contributed by atoms with Crippen molar-refractivity contribution in [3.05, 3.63) is 18.3 Å². The van der Waals surface area contributed by atoms with Gasteiger partial charge in [0.05, 0.1) is 5.69 Å². The van der Waals surface area contributed by atoms with Crippen LogP contribution < -0.4 is 10.2 Å². The molecule has 0 aliphatic carbocycles. The highest BCUT2D eigenvalue weighted by Gasteiger charge is 2.04. The Labute approximate surface area is 79.8 Å². The first-order valence-electron chi connectivity index (χ1n) is 4.50. The molecule has 0 unspecified atom stereocenters. The van der Waals surface area contributed by atoms with Crippen molar-refractivity contribution in [2.75, 3.05) is 24.3 Å². The van der Waals surface area contributed by atoms with Gasteiger partial charge in [0.2, 0.25) is 0 Å². The molecule has 0 aliphatic rings. The molecule has 0 saturated carbocycles. The molecule has 0 radical (unpaired) electrons. The Morgan fingerprint density at radius 2 is 2.08 bits per heavy atom. The van der Waals surface area contributed by atoms with Gasteiger partial charge in [0, 0.05) is 26.3 Å². The zero-order valence-corrected chi connectivity index (χ0v) is 8.70. The molecular formula is C10H17N3. The Balaban J connectivity index is 2.91. The number of pyridine rings is 1. The maximum absolute atomic E-state index is 4.29. The summed E-state index contributed by atoms with van der Waals surface area (Å²) in [5, 5.41) is 3.35. The van der Waals surface area contributed by atoms with E-state index >= 15 is 0 Å². The molecule has 3 heteroatoms. The Hall–Kier alpha value is -1.25. The Kier molecular flexibility index (Phi) is 3.12. The van der Waals surface area contributed by atoms with Crippen LogP contribution in [-0.4, -0.2) is 25.1 Å². The number of anilines is 2. The van der Waals surface area contributed by atoms with Crippen molar-refractivity contribution >= 4 is 11.5 Å². The minimum atomic E-state index is 0.433.